The molecule has 20 heavy (non-hydrogen) atoms. The van der Waals surface area contributed by atoms with Gasteiger partial charge in [0.25, 0.3) is 0 Å². The summed E-state index contributed by atoms with van der Waals surface area (Å²) in [6.45, 7) is 9.21. The summed E-state index contributed by atoms with van der Waals surface area (Å²) >= 11 is 0. The molecule has 1 aliphatic heterocycles. The second-order valence-corrected chi connectivity index (χ2v) is 6.32. The van der Waals surface area contributed by atoms with Gasteiger partial charge >= 0.3 is 0 Å². The third kappa shape index (κ3) is 4.24. The molecular weight excluding hydrogens is 244 g/mol. The van der Waals surface area contributed by atoms with E-state index < -0.39 is 0 Å². The van der Waals surface area contributed by atoms with Crippen molar-refractivity contribution in [1.82, 2.24) is 5.32 Å². The van der Waals surface area contributed by atoms with Crippen molar-refractivity contribution in [1.29, 1.82) is 0 Å². The Morgan fingerprint density at radius 3 is 2.90 bits per heavy atom. The van der Waals surface area contributed by atoms with Crippen LogP contribution in [0, 0.1) is 5.92 Å². The Labute approximate surface area is 124 Å². The highest BCUT2D eigenvalue weighted by Crippen LogP contribution is 2.28. The Bertz CT molecular complexity index is 394. The lowest BCUT2D eigenvalue weighted by atomic mass is 9.91. The van der Waals surface area contributed by atoms with E-state index in [1.807, 2.05) is 0 Å². The molecule has 0 aromatic heterocycles. The second kappa shape index (κ2) is 7.68. The summed E-state index contributed by atoms with van der Waals surface area (Å²) in [5.74, 6) is 1.44. The van der Waals surface area contributed by atoms with Gasteiger partial charge in [-0.15, -0.1) is 0 Å². The molecule has 0 radical (unpaired) electrons. The summed E-state index contributed by atoms with van der Waals surface area (Å²) in [7, 11) is 0. The average molecular weight is 274 g/mol. The third-order valence-corrected chi connectivity index (χ3v) is 4.83. The predicted octanol–water partition coefficient (Wildman–Crippen LogP) is 4.39. The van der Waals surface area contributed by atoms with Crippen LogP contribution in [0.25, 0.3) is 0 Å². The van der Waals surface area contributed by atoms with Gasteiger partial charge < -0.3 is 10.6 Å². The van der Waals surface area contributed by atoms with Crippen LogP contribution in [0.15, 0.2) is 24.3 Å². The quantitative estimate of drug-likeness (QED) is 0.832. The zero-order valence-electron chi connectivity index (χ0n) is 13.3. The number of nitrogens with one attached hydrogen (secondary N) is 2. The molecule has 0 spiro atoms. The largest absolute Gasteiger partial charge is 0.382 e. The predicted molar refractivity (Wildman–Crippen MR) is 88.4 cm³/mol. The Morgan fingerprint density at radius 1 is 1.25 bits per heavy atom. The molecule has 0 amide bonds. The topological polar surface area (TPSA) is 24.1 Å². The van der Waals surface area contributed by atoms with Crippen molar-refractivity contribution >= 4 is 5.69 Å². The van der Waals surface area contributed by atoms with E-state index in [0.29, 0.717) is 12.0 Å². The highest BCUT2D eigenvalue weighted by Gasteiger charge is 2.15. The van der Waals surface area contributed by atoms with Crippen LogP contribution in [0.3, 0.4) is 0 Å². The molecule has 2 rings (SSSR count). The fraction of sp³-hybridized carbons (Fsp3) is 0.667. The minimum absolute atomic E-state index is 0.533. The number of hydrogen-bond donors (Lipinski definition) is 2. The fourth-order valence-electron chi connectivity index (χ4n) is 2.99. The third-order valence-electron chi connectivity index (χ3n) is 4.83. The van der Waals surface area contributed by atoms with Crippen molar-refractivity contribution in [3.63, 3.8) is 0 Å². The summed E-state index contributed by atoms with van der Waals surface area (Å²) in [6, 6.07) is 9.62. The zero-order valence-corrected chi connectivity index (χ0v) is 13.3. The van der Waals surface area contributed by atoms with Crippen LogP contribution >= 0.6 is 0 Å². The molecule has 1 aromatic carbocycles. The molecule has 1 aromatic rings. The molecular formula is C18H30N2. The number of hydrogen-bond acceptors (Lipinski definition) is 2. The van der Waals surface area contributed by atoms with Crippen molar-refractivity contribution in [2.75, 3.05) is 18.4 Å². The molecule has 112 valence electrons. The molecule has 1 fully saturated rings. The lowest BCUT2D eigenvalue weighted by Gasteiger charge is -2.22. The van der Waals surface area contributed by atoms with E-state index >= 15 is 0 Å². The van der Waals surface area contributed by atoms with E-state index in [9.17, 15) is 0 Å². The van der Waals surface area contributed by atoms with E-state index in [1.54, 1.807) is 0 Å². The highest BCUT2D eigenvalue weighted by atomic mass is 14.9. The SMILES string of the molecule is CCC(C)C(C)Nc1cccc(C2CCCNCC2)c1. The molecule has 3 unspecified atom stereocenters. The van der Waals surface area contributed by atoms with Gasteiger partial charge in [-0.2, -0.15) is 0 Å². The maximum Gasteiger partial charge on any atom is 0.0345 e. The first kappa shape index (κ1) is 15.4. The second-order valence-electron chi connectivity index (χ2n) is 6.32. The van der Waals surface area contributed by atoms with E-state index in [-0.39, 0.29) is 0 Å². The minimum Gasteiger partial charge on any atom is -0.382 e. The molecule has 0 bridgehead atoms. The van der Waals surface area contributed by atoms with Crippen LogP contribution < -0.4 is 10.6 Å². The van der Waals surface area contributed by atoms with Gasteiger partial charge in [-0.25, -0.2) is 0 Å². The first-order valence-electron chi connectivity index (χ1n) is 8.28. The number of rotatable bonds is 5. The van der Waals surface area contributed by atoms with Crippen LogP contribution in [-0.2, 0) is 0 Å². The van der Waals surface area contributed by atoms with E-state index in [1.165, 1.54) is 43.5 Å². The van der Waals surface area contributed by atoms with Crippen molar-refractivity contribution in [3.8, 4) is 0 Å². The molecule has 1 heterocycles. The number of anilines is 1. The van der Waals surface area contributed by atoms with Gasteiger partial charge in [0, 0.05) is 11.7 Å². The molecule has 2 N–H and O–H groups in total. The Balaban J connectivity index is 2.03. The molecule has 0 aliphatic carbocycles. The van der Waals surface area contributed by atoms with Gasteiger partial charge in [0.1, 0.15) is 0 Å². The van der Waals surface area contributed by atoms with Crippen LogP contribution in [0.4, 0.5) is 5.69 Å². The molecule has 2 nitrogen and oxygen atoms in total. The normalized spacial score (nSPS) is 22.9. The maximum absolute atomic E-state index is 3.67. The summed E-state index contributed by atoms with van der Waals surface area (Å²) in [6.07, 6.45) is 5.11. The highest BCUT2D eigenvalue weighted by molar-refractivity contribution is 5.47. The summed E-state index contributed by atoms with van der Waals surface area (Å²) in [5.41, 5.74) is 2.79. The monoisotopic (exact) mass is 274 g/mol. The van der Waals surface area contributed by atoms with Crippen LogP contribution in [0.1, 0.15) is 57.9 Å². The summed E-state index contributed by atoms with van der Waals surface area (Å²) in [5, 5.41) is 7.17. The van der Waals surface area contributed by atoms with Gasteiger partial charge in [0.15, 0.2) is 0 Å². The van der Waals surface area contributed by atoms with Gasteiger partial charge in [-0.3, -0.25) is 0 Å². The van der Waals surface area contributed by atoms with Crippen molar-refractivity contribution in [2.24, 2.45) is 5.92 Å². The molecule has 1 saturated heterocycles. The maximum atomic E-state index is 3.67. The molecule has 1 aliphatic rings. The van der Waals surface area contributed by atoms with Gasteiger partial charge in [-0.1, -0.05) is 32.4 Å². The Hall–Kier alpha value is -1.02. The van der Waals surface area contributed by atoms with E-state index in [2.05, 4.69) is 55.7 Å². The average Bonchev–Trinajstić information content (AvgIpc) is 2.75. The zero-order chi connectivity index (χ0) is 14.4. The first-order chi connectivity index (χ1) is 9.70. The van der Waals surface area contributed by atoms with E-state index in [4.69, 9.17) is 0 Å². The van der Waals surface area contributed by atoms with Crippen molar-refractivity contribution in [3.05, 3.63) is 29.8 Å². The van der Waals surface area contributed by atoms with Gasteiger partial charge in [0.05, 0.1) is 0 Å². The van der Waals surface area contributed by atoms with Crippen molar-refractivity contribution < 1.29 is 0 Å². The van der Waals surface area contributed by atoms with Crippen molar-refractivity contribution in [2.45, 2.75) is 58.4 Å². The minimum atomic E-state index is 0.533. The van der Waals surface area contributed by atoms with Gasteiger partial charge in [0.2, 0.25) is 0 Å². The van der Waals surface area contributed by atoms with Crippen LogP contribution in [-0.4, -0.2) is 19.1 Å². The number of benzene rings is 1. The van der Waals surface area contributed by atoms with Gasteiger partial charge in [-0.05, 0) is 68.8 Å². The van der Waals surface area contributed by atoms with Crippen LogP contribution in [0.5, 0.6) is 0 Å². The Morgan fingerprint density at radius 2 is 2.10 bits per heavy atom. The van der Waals surface area contributed by atoms with E-state index in [0.717, 1.165) is 12.5 Å². The Kier molecular flexibility index (Phi) is 5.90. The summed E-state index contributed by atoms with van der Waals surface area (Å²) in [4.78, 5) is 0. The summed E-state index contributed by atoms with van der Waals surface area (Å²) < 4.78 is 0. The van der Waals surface area contributed by atoms with Crippen LogP contribution in [0.2, 0.25) is 0 Å². The smallest absolute Gasteiger partial charge is 0.0345 e. The molecule has 0 saturated carbocycles. The molecule has 3 atom stereocenters. The standard InChI is InChI=1S/C18H30N2/c1-4-14(2)15(3)20-18-9-5-7-17(13-18)16-8-6-11-19-12-10-16/h5,7,9,13-16,19-20H,4,6,8,10-12H2,1-3H3. The molecule has 2 heteroatoms. The first-order valence-corrected chi connectivity index (χ1v) is 8.28. The fourth-order valence-corrected chi connectivity index (χ4v) is 2.99. The lowest BCUT2D eigenvalue weighted by Crippen LogP contribution is -2.23. The lowest BCUT2D eigenvalue weighted by molar-refractivity contribution is 0.494.